The predicted molar refractivity (Wildman–Crippen MR) is 130 cm³/mol. The first-order chi connectivity index (χ1) is 16.6. The lowest BCUT2D eigenvalue weighted by Crippen LogP contribution is -2.34. The molecule has 0 radical (unpaired) electrons. The number of carbonyl (C=O) groups is 2. The molecule has 2 atom stereocenters. The Balaban J connectivity index is 1.16. The van der Waals surface area contributed by atoms with Crippen molar-refractivity contribution < 1.29 is 14.3 Å². The quantitative estimate of drug-likeness (QED) is 0.574. The van der Waals surface area contributed by atoms with Crippen LogP contribution >= 0.6 is 0 Å². The molecule has 0 spiro atoms. The molecule has 2 aromatic carbocycles. The second-order valence-corrected chi connectivity index (χ2v) is 9.16. The Morgan fingerprint density at radius 2 is 1.97 bits per heavy atom. The second-order valence-electron chi connectivity index (χ2n) is 9.16. The fourth-order valence-electron chi connectivity index (χ4n) is 4.78. The van der Waals surface area contributed by atoms with E-state index in [2.05, 4.69) is 22.4 Å². The summed E-state index contributed by atoms with van der Waals surface area (Å²) in [5.41, 5.74) is 5.62. The summed E-state index contributed by atoms with van der Waals surface area (Å²) >= 11 is 0. The Labute approximate surface area is 200 Å². The van der Waals surface area contributed by atoms with Gasteiger partial charge in [-0.1, -0.05) is 24.3 Å². The first-order valence-corrected chi connectivity index (χ1v) is 11.9. The van der Waals surface area contributed by atoms with Gasteiger partial charge in [-0.25, -0.2) is 0 Å². The van der Waals surface area contributed by atoms with Gasteiger partial charge in [-0.05, 0) is 73.2 Å². The molecule has 1 fully saturated rings. The predicted octanol–water partition coefficient (Wildman–Crippen LogP) is 4.38. The van der Waals surface area contributed by atoms with Gasteiger partial charge in [-0.15, -0.1) is 0 Å². The van der Waals surface area contributed by atoms with Gasteiger partial charge < -0.3 is 15.0 Å². The Morgan fingerprint density at radius 1 is 1.15 bits per heavy atom. The fraction of sp³-hybridized carbons (Fsp3) is 0.321. The number of amides is 2. The molecule has 3 aromatic rings. The number of benzene rings is 2. The molecule has 1 N–H and O–H groups in total. The highest BCUT2D eigenvalue weighted by Gasteiger charge is 2.35. The van der Waals surface area contributed by atoms with E-state index in [9.17, 15) is 9.59 Å². The zero-order valence-electron chi connectivity index (χ0n) is 19.4. The van der Waals surface area contributed by atoms with Crippen LogP contribution in [-0.2, 0) is 29.0 Å². The van der Waals surface area contributed by atoms with E-state index in [0.717, 1.165) is 35.4 Å². The third-order valence-corrected chi connectivity index (χ3v) is 6.76. The molecule has 2 unspecified atom stereocenters. The van der Waals surface area contributed by atoms with E-state index in [1.165, 1.54) is 17.5 Å². The lowest BCUT2D eigenvalue weighted by atomic mass is 10.0. The SMILES string of the molecule is CC(NC(=O)C1CC(=O)N(c2ccc3c(c2)CCC3)C1)c1ccc(OCc2cccnc2)cc1. The summed E-state index contributed by atoms with van der Waals surface area (Å²) in [7, 11) is 0. The number of carbonyl (C=O) groups excluding carboxylic acids is 2. The minimum absolute atomic E-state index is 0.0147. The molecule has 1 aliphatic carbocycles. The molecule has 1 aromatic heterocycles. The summed E-state index contributed by atoms with van der Waals surface area (Å²) in [5.74, 6) is 0.352. The number of ether oxygens (including phenoxy) is 1. The Hall–Kier alpha value is -3.67. The van der Waals surface area contributed by atoms with E-state index in [-0.39, 0.29) is 30.2 Å². The van der Waals surface area contributed by atoms with Crippen molar-refractivity contribution in [2.45, 2.75) is 45.3 Å². The lowest BCUT2D eigenvalue weighted by Gasteiger charge is -2.19. The number of hydrogen-bond donors (Lipinski definition) is 1. The smallest absolute Gasteiger partial charge is 0.227 e. The van der Waals surface area contributed by atoms with Gasteiger partial charge >= 0.3 is 0 Å². The van der Waals surface area contributed by atoms with Gasteiger partial charge in [0, 0.05) is 36.6 Å². The van der Waals surface area contributed by atoms with Crippen molar-refractivity contribution in [3.05, 3.63) is 89.2 Å². The molecule has 0 saturated carbocycles. The Bertz CT molecular complexity index is 1180. The van der Waals surface area contributed by atoms with Gasteiger partial charge in [-0.3, -0.25) is 14.6 Å². The topological polar surface area (TPSA) is 71.5 Å². The van der Waals surface area contributed by atoms with Crippen LogP contribution < -0.4 is 15.0 Å². The molecule has 0 bridgehead atoms. The Kier molecular flexibility index (Phi) is 6.30. The number of aryl methyl sites for hydroxylation is 2. The maximum atomic E-state index is 12.9. The van der Waals surface area contributed by atoms with Crippen LogP contribution in [0.1, 0.15) is 48.1 Å². The molecule has 2 aliphatic rings. The average Bonchev–Trinajstić information content (AvgIpc) is 3.49. The van der Waals surface area contributed by atoms with Crippen molar-refractivity contribution in [3.63, 3.8) is 0 Å². The van der Waals surface area contributed by atoms with Crippen molar-refractivity contribution >= 4 is 17.5 Å². The largest absolute Gasteiger partial charge is 0.489 e. The van der Waals surface area contributed by atoms with Gasteiger partial charge in [0.25, 0.3) is 0 Å². The van der Waals surface area contributed by atoms with Gasteiger partial charge in [-0.2, -0.15) is 0 Å². The van der Waals surface area contributed by atoms with Crippen LogP contribution in [0.2, 0.25) is 0 Å². The number of pyridine rings is 1. The molecule has 34 heavy (non-hydrogen) atoms. The van der Waals surface area contributed by atoms with Crippen LogP contribution in [0.5, 0.6) is 5.75 Å². The zero-order chi connectivity index (χ0) is 23.5. The van der Waals surface area contributed by atoms with Crippen molar-refractivity contribution in [1.82, 2.24) is 10.3 Å². The minimum atomic E-state index is -0.342. The van der Waals surface area contributed by atoms with Crippen LogP contribution in [0.15, 0.2) is 67.0 Å². The first-order valence-electron chi connectivity index (χ1n) is 11.9. The van der Waals surface area contributed by atoms with Crippen LogP contribution in [0, 0.1) is 5.92 Å². The molecule has 1 aliphatic heterocycles. The van der Waals surface area contributed by atoms with E-state index in [1.807, 2.05) is 49.4 Å². The normalized spacial score (nSPS) is 18.0. The Morgan fingerprint density at radius 3 is 2.76 bits per heavy atom. The maximum absolute atomic E-state index is 12.9. The summed E-state index contributed by atoms with van der Waals surface area (Å²) in [6.07, 6.45) is 7.12. The molecule has 1 saturated heterocycles. The number of anilines is 1. The maximum Gasteiger partial charge on any atom is 0.227 e. The van der Waals surface area contributed by atoms with Gasteiger partial charge in [0.05, 0.1) is 12.0 Å². The van der Waals surface area contributed by atoms with E-state index in [1.54, 1.807) is 17.3 Å². The molecule has 6 nitrogen and oxygen atoms in total. The lowest BCUT2D eigenvalue weighted by molar-refractivity contribution is -0.126. The van der Waals surface area contributed by atoms with E-state index >= 15 is 0 Å². The summed E-state index contributed by atoms with van der Waals surface area (Å²) in [4.78, 5) is 31.5. The number of nitrogens with zero attached hydrogens (tertiary/aromatic N) is 2. The van der Waals surface area contributed by atoms with Gasteiger partial charge in [0.2, 0.25) is 11.8 Å². The third kappa shape index (κ3) is 4.81. The molecular formula is C28H29N3O3. The third-order valence-electron chi connectivity index (χ3n) is 6.76. The summed E-state index contributed by atoms with van der Waals surface area (Å²) < 4.78 is 5.81. The summed E-state index contributed by atoms with van der Waals surface area (Å²) in [5, 5.41) is 3.08. The molecule has 5 rings (SSSR count). The van der Waals surface area contributed by atoms with Crippen LogP contribution in [-0.4, -0.2) is 23.3 Å². The average molecular weight is 456 g/mol. The summed E-state index contributed by atoms with van der Waals surface area (Å²) in [6.45, 7) is 2.84. The van der Waals surface area contributed by atoms with Crippen LogP contribution in [0.4, 0.5) is 5.69 Å². The molecular weight excluding hydrogens is 426 g/mol. The van der Waals surface area contributed by atoms with Crippen molar-refractivity contribution in [1.29, 1.82) is 0 Å². The highest BCUT2D eigenvalue weighted by atomic mass is 16.5. The van der Waals surface area contributed by atoms with Crippen LogP contribution in [0.3, 0.4) is 0 Å². The monoisotopic (exact) mass is 455 g/mol. The van der Waals surface area contributed by atoms with E-state index in [4.69, 9.17) is 4.74 Å². The van der Waals surface area contributed by atoms with Gasteiger partial charge in [0.15, 0.2) is 0 Å². The molecule has 2 heterocycles. The standard InChI is InChI=1S/C28H29N3O3/c1-19(21-8-11-26(12-9-21)34-18-20-4-3-13-29-16-20)30-28(33)24-15-27(32)31(17-24)25-10-7-22-5-2-6-23(22)14-25/h3-4,7-14,16,19,24H,2,5-6,15,17-18H2,1H3,(H,30,33). The highest BCUT2D eigenvalue weighted by Crippen LogP contribution is 2.31. The van der Waals surface area contributed by atoms with Crippen molar-refractivity contribution in [3.8, 4) is 5.75 Å². The minimum Gasteiger partial charge on any atom is -0.489 e. The number of aromatic nitrogens is 1. The van der Waals surface area contributed by atoms with Crippen LogP contribution in [0.25, 0.3) is 0 Å². The number of nitrogens with one attached hydrogen (secondary N) is 1. The molecule has 174 valence electrons. The van der Waals surface area contributed by atoms with Crippen molar-refractivity contribution in [2.24, 2.45) is 5.92 Å². The first kappa shape index (κ1) is 22.1. The zero-order valence-corrected chi connectivity index (χ0v) is 19.4. The highest BCUT2D eigenvalue weighted by molar-refractivity contribution is 6.00. The van der Waals surface area contributed by atoms with Crippen molar-refractivity contribution in [2.75, 3.05) is 11.4 Å². The molecule has 2 amide bonds. The number of hydrogen-bond acceptors (Lipinski definition) is 4. The number of rotatable bonds is 7. The van der Waals surface area contributed by atoms with E-state index < -0.39 is 0 Å². The number of fused-ring (bicyclic) bond motifs is 1. The second kappa shape index (κ2) is 9.67. The fourth-order valence-corrected chi connectivity index (χ4v) is 4.78. The molecule has 6 heteroatoms. The summed E-state index contributed by atoms with van der Waals surface area (Å²) in [6, 6.07) is 17.7. The van der Waals surface area contributed by atoms with Gasteiger partial charge in [0.1, 0.15) is 12.4 Å². The van der Waals surface area contributed by atoms with E-state index in [0.29, 0.717) is 13.2 Å².